The number of fused-ring (bicyclic) bond motifs is 20. The van der Waals surface area contributed by atoms with E-state index in [1.807, 2.05) is 17.4 Å². The smallest absolute Gasteiger partial charge is 0.177 e. The van der Waals surface area contributed by atoms with Gasteiger partial charge in [0, 0.05) is 36.9 Å². The van der Waals surface area contributed by atoms with Gasteiger partial charge in [0.1, 0.15) is 11.7 Å². The van der Waals surface area contributed by atoms with E-state index in [0.717, 1.165) is 44.9 Å². The van der Waals surface area contributed by atoms with Crippen LogP contribution in [0.15, 0.2) is 259 Å². The lowest BCUT2D eigenvalue weighted by molar-refractivity contribution is 0.518. The van der Waals surface area contributed by atoms with Gasteiger partial charge in [-0.15, -0.1) is 11.3 Å². The van der Waals surface area contributed by atoms with Crippen LogP contribution in [-0.4, -0.2) is 11.7 Å². The molecule has 0 amide bonds. The molecule has 1 unspecified atom stereocenters. The molecule has 0 fully saturated rings. The Morgan fingerprint density at radius 1 is 0.324 bits per heavy atom. The molecule has 4 aliphatic rings. The fourth-order valence-electron chi connectivity index (χ4n) is 13.7. The summed E-state index contributed by atoms with van der Waals surface area (Å²) in [5, 5.41) is 8.61. The quantitative estimate of drug-likeness (QED) is 0.187. The summed E-state index contributed by atoms with van der Waals surface area (Å²) < 4.78 is 2.61. The van der Waals surface area contributed by atoms with E-state index in [1.165, 1.54) is 92.3 Å². The largest absolute Gasteiger partial charge is 0.324 e. The number of hydrogen-bond acceptors (Lipinski definition) is 4. The zero-order valence-corrected chi connectivity index (χ0v) is 41.3. The van der Waals surface area contributed by atoms with Crippen LogP contribution in [0.2, 0.25) is 0 Å². The van der Waals surface area contributed by atoms with Crippen molar-refractivity contribution < 1.29 is 0 Å². The minimum absolute atomic E-state index is 0.502. The van der Waals surface area contributed by atoms with Crippen LogP contribution in [0.5, 0.6) is 0 Å². The van der Waals surface area contributed by atoms with Crippen molar-refractivity contribution in [2.24, 2.45) is 9.98 Å². The van der Waals surface area contributed by atoms with Crippen molar-refractivity contribution in [2.45, 2.75) is 23.4 Å². The van der Waals surface area contributed by atoms with Gasteiger partial charge in [0.2, 0.25) is 0 Å². The zero-order chi connectivity index (χ0) is 48.8. The third kappa shape index (κ3) is 5.50. The van der Waals surface area contributed by atoms with Crippen molar-refractivity contribution in [1.29, 1.82) is 0 Å². The van der Waals surface area contributed by atoms with Crippen LogP contribution in [-0.2, 0) is 16.5 Å². The molecule has 346 valence electrons. The first-order valence-electron chi connectivity index (χ1n) is 25.6. The van der Waals surface area contributed by atoms with E-state index >= 15 is 0 Å². The van der Waals surface area contributed by atoms with Gasteiger partial charge in [-0.3, -0.25) is 0 Å². The Kier molecular flexibility index (Phi) is 8.60. The summed E-state index contributed by atoms with van der Waals surface area (Å²) in [6.07, 6.45) is 0. The minimum Gasteiger partial charge on any atom is -0.324 e. The summed E-state index contributed by atoms with van der Waals surface area (Å²) in [5.74, 6) is 1.60. The third-order valence-corrected chi connectivity index (χ3v) is 17.9. The van der Waals surface area contributed by atoms with E-state index < -0.39 is 16.5 Å². The number of nitrogens with one attached hydrogen (secondary N) is 1. The van der Waals surface area contributed by atoms with Gasteiger partial charge in [-0.05, 0) is 126 Å². The van der Waals surface area contributed by atoms with E-state index in [-0.39, 0.29) is 0 Å². The highest BCUT2D eigenvalue weighted by Crippen LogP contribution is 2.68. The predicted octanol–water partition coefficient (Wildman–Crippen LogP) is 16.6. The van der Waals surface area contributed by atoms with Gasteiger partial charge in [-0.2, -0.15) is 0 Å². The summed E-state index contributed by atoms with van der Waals surface area (Å²) in [7, 11) is 0. The number of hydrogen-bond donors (Lipinski definition) is 1. The van der Waals surface area contributed by atoms with Crippen molar-refractivity contribution in [2.75, 3.05) is 0 Å². The lowest BCUT2D eigenvalue weighted by atomic mass is 9.52. The predicted molar refractivity (Wildman–Crippen MR) is 307 cm³/mol. The van der Waals surface area contributed by atoms with Crippen LogP contribution >= 0.6 is 11.3 Å². The Labute approximate surface area is 433 Å². The Morgan fingerprint density at radius 3 is 1.57 bits per heavy atom. The van der Waals surface area contributed by atoms with Crippen molar-refractivity contribution in [1.82, 2.24) is 5.32 Å². The van der Waals surface area contributed by atoms with Crippen LogP contribution < -0.4 is 5.32 Å². The fourth-order valence-corrected chi connectivity index (χ4v) is 14.9. The summed E-state index contributed by atoms with van der Waals surface area (Å²) in [6.45, 7) is 2.14. The molecule has 16 rings (SSSR count). The van der Waals surface area contributed by atoms with Crippen LogP contribution in [0, 0.1) is 0 Å². The number of thiophene rings is 1. The van der Waals surface area contributed by atoms with Gasteiger partial charge in [-0.1, -0.05) is 218 Å². The van der Waals surface area contributed by atoms with Crippen molar-refractivity contribution >= 4 is 54.0 Å². The maximum Gasteiger partial charge on any atom is 0.177 e. The molecule has 0 saturated carbocycles. The fraction of sp³-hybridized carbons (Fsp3) is 0.0571. The Bertz CT molecular complexity index is 4340. The summed E-state index contributed by atoms with van der Waals surface area (Å²) in [6, 6.07) is 92.7. The molecule has 2 heterocycles. The molecular formula is C70H45N3S. The number of aliphatic imine (C=N–C) groups is 2. The topological polar surface area (TPSA) is 36.8 Å². The maximum atomic E-state index is 5.53. The molecule has 1 N–H and O–H groups in total. The summed E-state index contributed by atoms with van der Waals surface area (Å²) in [4.78, 5) is 11.0. The molecule has 74 heavy (non-hydrogen) atoms. The van der Waals surface area contributed by atoms with E-state index in [2.05, 4.69) is 255 Å². The second kappa shape index (κ2) is 15.3. The molecule has 2 spiro atoms. The van der Waals surface area contributed by atoms with Crippen LogP contribution in [0.1, 0.15) is 68.1 Å². The van der Waals surface area contributed by atoms with Gasteiger partial charge < -0.3 is 5.32 Å². The first-order valence-corrected chi connectivity index (χ1v) is 26.5. The first-order chi connectivity index (χ1) is 36.5. The molecule has 12 aromatic rings. The van der Waals surface area contributed by atoms with E-state index in [4.69, 9.17) is 9.98 Å². The van der Waals surface area contributed by atoms with E-state index in [9.17, 15) is 0 Å². The van der Waals surface area contributed by atoms with Gasteiger partial charge >= 0.3 is 0 Å². The molecule has 1 aliphatic heterocycles. The lowest BCUT2D eigenvalue weighted by Crippen LogP contribution is -2.43. The highest BCUT2D eigenvalue weighted by molar-refractivity contribution is 7.25. The van der Waals surface area contributed by atoms with Crippen LogP contribution in [0.4, 0.5) is 0 Å². The molecule has 3 aliphatic carbocycles. The second-order valence-electron chi connectivity index (χ2n) is 20.5. The average molecular weight is 960 g/mol. The van der Waals surface area contributed by atoms with Gasteiger partial charge in [0.05, 0.1) is 10.8 Å². The van der Waals surface area contributed by atoms with Gasteiger partial charge in [-0.25, -0.2) is 9.98 Å². The number of benzene rings is 11. The molecule has 4 heteroatoms. The first kappa shape index (κ1) is 41.6. The molecule has 0 saturated heterocycles. The Morgan fingerprint density at radius 2 is 0.838 bits per heavy atom. The third-order valence-electron chi connectivity index (χ3n) is 16.8. The monoisotopic (exact) mass is 959 g/mol. The number of nitrogens with zero attached hydrogens (tertiary/aromatic N) is 2. The van der Waals surface area contributed by atoms with Crippen molar-refractivity contribution in [3.63, 3.8) is 0 Å². The lowest BCUT2D eigenvalue weighted by Gasteiger charge is -2.48. The second-order valence-corrected chi connectivity index (χ2v) is 21.6. The van der Waals surface area contributed by atoms with Gasteiger partial charge in [0.25, 0.3) is 0 Å². The molecule has 0 radical (unpaired) electrons. The molecule has 0 bridgehead atoms. The minimum atomic E-state index is -0.929. The van der Waals surface area contributed by atoms with Gasteiger partial charge in [0.15, 0.2) is 5.66 Å². The molecule has 1 atom stereocenters. The molecule has 3 nitrogen and oxygen atoms in total. The zero-order valence-electron chi connectivity index (χ0n) is 40.5. The van der Waals surface area contributed by atoms with Crippen LogP contribution in [0.3, 0.4) is 0 Å². The molecule has 11 aromatic carbocycles. The summed E-state index contributed by atoms with van der Waals surface area (Å²) >= 11 is 1.89. The highest BCUT2D eigenvalue weighted by Gasteiger charge is 2.59. The van der Waals surface area contributed by atoms with E-state index in [1.54, 1.807) is 0 Å². The number of rotatable bonds is 4. The Hall–Kier alpha value is -8.96. The van der Waals surface area contributed by atoms with Crippen molar-refractivity contribution in [3.05, 3.63) is 310 Å². The van der Waals surface area contributed by atoms with E-state index in [0.29, 0.717) is 0 Å². The standard InChI is InChI=1S/C70H45N3S/c1-68(72-66(44-20-3-2-4-21-44)71-67(73-68)52-29-18-22-43-19-5-6-25-48(43)52)47-24-17-23-45(39-47)46-37-38-58-53(40-46)54-42-65-55(51-28-9-16-36-64(51)74-65)41-63(54)70(58)61-34-14-12-32-59(61)69(60-33-13-15-35-62(60)70)56-30-10-7-26-49(56)50-27-8-11-31-57(50)69/h2-42H,1H3,(H,71,72,73). The maximum absolute atomic E-state index is 5.53. The normalized spacial score (nSPS) is 17.0. The SMILES string of the molecule is CC1(c2cccc(-c3ccc4c(c3)-c3cc5sc6ccccc6c5cc3C43c4ccccc4C4(c5ccccc5-c5ccccc54)c4ccccc43)c2)N=C(c2ccccc2)NC(c2cccc3ccccc23)=N1. The number of amidine groups is 2. The van der Waals surface area contributed by atoms with Crippen LogP contribution in [0.25, 0.3) is 64.3 Å². The molecular weight excluding hydrogens is 915 g/mol. The average Bonchev–Trinajstić information content (AvgIpc) is 4.21. The molecule has 1 aromatic heterocycles. The highest BCUT2D eigenvalue weighted by atomic mass is 32.1. The Balaban J connectivity index is 0.927. The summed E-state index contributed by atoms with van der Waals surface area (Å²) in [5.41, 5.74) is 19.2. The van der Waals surface area contributed by atoms with Crippen molar-refractivity contribution in [3.8, 4) is 33.4 Å².